The molecule has 0 saturated heterocycles. The van der Waals surface area contributed by atoms with E-state index in [0.29, 0.717) is 18.5 Å². The van der Waals surface area contributed by atoms with Gasteiger partial charge in [0.25, 0.3) is 0 Å². The normalized spacial score (nSPS) is 10.8. The standard InChI is InChI=1S/C26H44N2O2/c1-2-3-4-5-6-7-8-9-10-11-12-13-14-15-16-17-25(29)28-22-23-18-20-24(21-19-23)26(27)30/h18-21H,2-17,22H2,1H3,(H2,27,30)(H,28,29). The summed E-state index contributed by atoms with van der Waals surface area (Å²) in [7, 11) is 0. The van der Waals surface area contributed by atoms with Gasteiger partial charge in [0.15, 0.2) is 0 Å². The summed E-state index contributed by atoms with van der Waals surface area (Å²) in [5, 5.41) is 2.94. The molecule has 1 aromatic rings. The van der Waals surface area contributed by atoms with E-state index in [1.54, 1.807) is 12.1 Å². The van der Waals surface area contributed by atoms with Gasteiger partial charge in [0, 0.05) is 18.5 Å². The third-order valence-electron chi connectivity index (χ3n) is 5.74. The molecule has 0 saturated carbocycles. The van der Waals surface area contributed by atoms with Crippen LogP contribution in [0.25, 0.3) is 0 Å². The predicted octanol–water partition coefficient (Wildman–Crippen LogP) is 6.66. The Morgan fingerprint density at radius 3 is 1.57 bits per heavy atom. The second kappa shape index (κ2) is 18.0. The van der Waals surface area contributed by atoms with Crippen molar-refractivity contribution in [3.63, 3.8) is 0 Å². The number of benzene rings is 1. The first kappa shape index (κ1) is 26.2. The Labute approximate surface area is 184 Å². The smallest absolute Gasteiger partial charge is 0.248 e. The Balaban J connectivity index is 1.86. The minimum absolute atomic E-state index is 0.101. The van der Waals surface area contributed by atoms with E-state index < -0.39 is 5.91 Å². The van der Waals surface area contributed by atoms with Gasteiger partial charge in [-0.1, -0.05) is 109 Å². The minimum atomic E-state index is -0.432. The summed E-state index contributed by atoms with van der Waals surface area (Å²) < 4.78 is 0. The maximum absolute atomic E-state index is 11.9. The van der Waals surface area contributed by atoms with E-state index in [1.807, 2.05) is 12.1 Å². The van der Waals surface area contributed by atoms with Crippen LogP contribution >= 0.6 is 0 Å². The molecule has 0 spiro atoms. The number of carbonyl (C=O) groups excluding carboxylic acids is 2. The monoisotopic (exact) mass is 416 g/mol. The molecule has 30 heavy (non-hydrogen) atoms. The van der Waals surface area contributed by atoms with Crippen LogP contribution in [0.5, 0.6) is 0 Å². The number of amides is 2. The van der Waals surface area contributed by atoms with Crippen LogP contribution in [0.3, 0.4) is 0 Å². The summed E-state index contributed by atoms with van der Waals surface area (Å²) in [5.41, 5.74) is 6.69. The van der Waals surface area contributed by atoms with Crippen LogP contribution in [0.1, 0.15) is 126 Å². The molecule has 4 nitrogen and oxygen atoms in total. The third kappa shape index (κ3) is 14.2. The van der Waals surface area contributed by atoms with Crippen molar-refractivity contribution < 1.29 is 9.59 Å². The number of carbonyl (C=O) groups is 2. The first-order chi connectivity index (χ1) is 14.6. The first-order valence-corrected chi connectivity index (χ1v) is 12.3. The van der Waals surface area contributed by atoms with Crippen LogP contribution in [0.15, 0.2) is 24.3 Å². The van der Waals surface area contributed by atoms with Gasteiger partial charge >= 0.3 is 0 Å². The van der Waals surface area contributed by atoms with E-state index in [4.69, 9.17) is 5.73 Å². The molecule has 0 fully saturated rings. The molecule has 0 heterocycles. The molecule has 4 heteroatoms. The third-order valence-corrected chi connectivity index (χ3v) is 5.74. The first-order valence-electron chi connectivity index (χ1n) is 12.3. The van der Waals surface area contributed by atoms with Crippen LogP contribution in [0.4, 0.5) is 0 Å². The van der Waals surface area contributed by atoms with Gasteiger partial charge in [-0.05, 0) is 24.1 Å². The van der Waals surface area contributed by atoms with Gasteiger partial charge in [-0.3, -0.25) is 9.59 Å². The predicted molar refractivity (Wildman–Crippen MR) is 126 cm³/mol. The zero-order valence-electron chi connectivity index (χ0n) is 19.2. The summed E-state index contributed by atoms with van der Waals surface area (Å²) in [4.78, 5) is 23.0. The molecule has 170 valence electrons. The Kier molecular flexibility index (Phi) is 15.7. The number of hydrogen-bond donors (Lipinski definition) is 2. The van der Waals surface area contributed by atoms with Crippen molar-refractivity contribution in [3.8, 4) is 0 Å². The number of nitrogens with two attached hydrogens (primary N) is 1. The SMILES string of the molecule is CCCCCCCCCCCCCCCCCC(=O)NCc1ccc(C(N)=O)cc1. The van der Waals surface area contributed by atoms with Gasteiger partial charge in [-0.25, -0.2) is 0 Å². The van der Waals surface area contributed by atoms with Gasteiger partial charge in [0.2, 0.25) is 11.8 Å². The van der Waals surface area contributed by atoms with Crippen LogP contribution in [0.2, 0.25) is 0 Å². The average Bonchev–Trinajstić information content (AvgIpc) is 2.75. The fraction of sp³-hybridized carbons (Fsp3) is 0.692. The van der Waals surface area contributed by atoms with E-state index >= 15 is 0 Å². The highest BCUT2D eigenvalue weighted by atomic mass is 16.1. The van der Waals surface area contributed by atoms with Gasteiger partial charge < -0.3 is 11.1 Å². The van der Waals surface area contributed by atoms with Crippen molar-refractivity contribution >= 4 is 11.8 Å². The molecule has 0 unspecified atom stereocenters. The molecular weight excluding hydrogens is 372 g/mol. The molecule has 2 amide bonds. The summed E-state index contributed by atoms with van der Waals surface area (Å²) in [6.07, 6.45) is 20.6. The lowest BCUT2D eigenvalue weighted by Gasteiger charge is -2.06. The van der Waals surface area contributed by atoms with Crippen LogP contribution in [-0.4, -0.2) is 11.8 Å². The Morgan fingerprint density at radius 2 is 1.13 bits per heavy atom. The number of primary amides is 1. The largest absolute Gasteiger partial charge is 0.366 e. The second-order valence-corrected chi connectivity index (χ2v) is 8.54. The summed E-state index contributed by atoms with van der Waals surface area (Å²) >= 11 is 0. The summed E-state index contributed by atoms with van der Waals surface area (Å²) in [6.45, 7) is 2.77. The molecule has 0 aliphatic heterocycles. The Hall–Kier alpha value is -1.84. The van der Waals surface area contributed by atoms with E-state index in [1.165, 1.54) is 83.5 Å². The van der Waals surface area contributed by atoms with Gasteiger partial charge in [-0.2, -0.15) is 0 Å². The number of hydrogen-bond acceptors (Lipinski definition) is 2. The highest BCUT2D eigenvalue weighted by Gasteiger charge is 2.03. The lowest BCUT2D eigenvalue weighted by Crippen LogP contribution is -2.22. The molecule has 0 aromatic heterocycles. The Bertz CT molecular complexity index is 569. The quantitative estimate of drug-likeness (QED) is 0.247. The second-order valence-electron chi connectivity index (χ2n) is 8.54. The summed E-state index contributed by atoms with van der Waals surface area (Å²) in [5.74, 6) is -0.331. The van der Waals surface area contributed by atoms with Gasteiger partial charge in [-0.15, -0.1) is 0 Å². The maximum atomic E-state index is 11.9. The van der Waals surface area contributed by atoms with Crippen molar-refractivity contribution in [2.24, 2.45) is 5.73 Å². The highest BCUT2D eigenvalue weighted by Crippen LogP contribution is 2.13. The fourth-order valence-corrected chi connectivity index (χ4v) is 3.73. The Morgan fingerprint density at radius 1 is 0.700 bits per heavy atom. The molecule has 0 aliphatic rings. The van der Waals surface area contributed by atoms with Crippen LogP contribution in [-0.2, 0) is 11.3 Å². The van der Waals surface area contributed by atoms with E-state index in [-0.39, 0.29) is 5.91 Å². The molecule has 3 N–H and O–H groups in total. The van der Waals surface area contributed by atoms with E-state index in [9.17, 15) is 9.59 Å². The molecule has 0 bridgehead atoms. The minimum Gasteiger partial charge on any atom is -0.366 e. The van der Waals surface area contributed by atoms with Crippen LogP contribution < -0.4 is 11.1 Å². The number of unbranched alkanes of at least 4 members (excludes halogenated alkanes) is 14. The number of nitrogens with one attached hydrogen (secondary N) is 1. The zero-order valence-corrected chi connectivity index (χ0v) is 19.2. The van der Waals surface area contributed by atoms with Gasteiger partial charge in [0.1, 0.15) is 0 Å². The lowest BCUT2D eigenvalue weighted by molar-refractivity contribution is -0.121. The average molecular weight is 417 g/mol. The van der Waals surface area contributed by atoms with Crippen molar-refractivity contribution in [1.82, 2.24) is 5.32 Å². The van der Waals surface area contributed by atoms with Crippen molar-refractivity contribution in [2.75, 3.05) is 0 Å². The highest BCUT2D eigenvalue weighted by molar-refractivity contribution is 5.92. The topological polar surface area (TPSA) is 72.2 Å². The van der Waals surface area contributed by atoms with Crippen molar-refractivity contribution in [3.05, 3.63) is 35.4 Å². The molecule has 0 atom stereocenters. The van der Waals surface area contributed by atoms with Crippen molar-refractivity contribution in [2.45, 2.75) is 116 Å². The summed E-state index contributed by atoms with van der Waals surface area (Å²) in [6, 6.07) is 7.04. The molecule has 1 rings (SSSR count). The maximum Gasteiger partial charge on any atom is 0.248 e. The van der Waals surface area contributed by atoms with Crippen molar-refractivity contribution in [1.29, 1.82) is 0 Å². The molecule has 0 aliphatic carbocycles. The number of rotatable bonds is 19. The van der Waals surface area contributed by atoms with E-state index in [2.05, 4.69) is 12.2 Å². The zero-order chi connectivity index (χ0) is 21.9. The van der Waals surface area contributed by atoms with E-state index in [0.717, 1.165) is 18.4 Å². The van der Waals surface area contributed by atoms with Crippen LogP contribution in [0, 0.1) is 0 Å². The lowest BCUT2D eigenvalue weighted by atomic mass is 10.0. The van der Waals surface area contributed by atoms with Gasteiger partial charge in [0.05, 0.1) is 0 Å². The molecule has 1 aromatic carbocycles. The molecule has 0 radical (unpaired) electrons. The molecular formula is C26H44N2O2. The fourth-order valence-electron chi connectivity index (χ4n) is 3.73.